The monoisotopic (exact) mass is 292 g/mol. The molecule has 0 rings (SSSR count). The van der Waals surface area contributed by atoms with E-state index in [1.165, 1.54) is 19.3 Å². The van der Waals surface area contributed by atoms with Crippen molar-refractivity contribution in [3.8, 4) is 0 Å². The van der Waals surface area contributed by atoms with E-state index in [-0.39, 0.29) is 18.6 Å². The van der Waals surface area contributed by atoms with Crippen molar-refractivity contribution in [1.82, 2.24) is 0 Å². The van der Waals surface area contributed by atoms with Crippen LogP contribution in [0.1, 0.15) is 78.6 Å². The molecule has 0 fully saturated rings. The predicted molar refractivity (Wildman–Crippen MR) is 83.4 cm³/mol. The number of rotatable bonds is 11. The average Bonchev–Trinajstić information content (AvgIpc) is 2.40. The summed E-state index contributed by atoms with van der Waals surface area (Å²) in [7, 11) is 0. The molecular weight excluding hydrogens is 256 g/mol. The minimum Gasteiger partial charge on any atom is -0.396 e. The van der Waals surface area contributed by atoms with Gasteiger partial charge in [-0.15, -0.1) is 0 Å². The number of unbranched alkanes of at least 4 members (excludes halogenated alkanes) is 4. The SMILES string of the molecule is CCCC(O)C(CC)CO.CCCCCCCC(O)O. The molecule has 0 aromatic carbocycles. The zero-order valence-corrected chi connectivity index (χ0v) is 13.6. The topological polar surface area (TPSA) is 80.9 Å². The minimum atomic E-state index is -1.10. The first-order valence-electron chi connectivity index (χ1n) is 8.18. The highest BCUT2D eigenvalue weighted by Crippen LogP contribution is 2.12. The van der Waals surface area contributed by atoms with E-state index in [1.54, 1.807) is 0 Å². The summed E-state index contributed by atoms with van der Waals surface area (Å²) in [6.45, 7) is 6.30. The van der Waals surface area contributed by atoms with Gasteiger partial charge in [0, 0.05) is 12.5 Å². The summed E-state index contributed by atoms with van der Waals surface area (Å²) in [4.78, 5) is 0. The largest absolute Gasteiger partial charge is 0.396 e. The van der Waals surface area contributed by atoms with Crippen LogP contribution in [0.3, 0.4) is 0 Å². The Bertz CT molecular complexity index is 170. The highest BCUT2D eigenvalue weighted by Gasteiger charge is 2.14. The fourth-order valence-electron chi connectivity index (χ4n) is 1.98. The van der Waals surface area contributed by atoms with Crippen molar-refractivity contribution in [1.29, 1.82) is 0 Å². The van der Waals surface area contributed by atoms with Crippen LogP contribution >= 0.6 is 0 Å². The lowest BCUT2D eigenvalue weighted by molar-refractivity contribution is -0.0466. The molecule has 0 aliphatic rings. The van der Waals surface area contributed by atoms with Crippen molar-refractivity contribution in [2.45, 2.75) is 91.0 Å². The molecule has 2 atom stereocenters. The van der Waals surface area contributed by atoms with Gasteiger partial charge in [0.1, 0.15) is 0 Å². The summed E-state index contributed by atoms with van der Waals surface area (Å²) in [6, 6.07) is 0. The number of aliphatic hydroxyl groups excluding tert-OH is 3. The molecule has 4 N–H and O–H groups in total. The van der Waals surface area contributed by atoms with Crippen LogP contribution in [0.5, 0.6) is 0 Å². The molecule has 0 amide bonds. The molecule has 0 saturated heterocycles. The molecule has 0 saturated carbocycles. The molecule has 0 aliphatic heterocycles. The van der Waals surface area contributed by atoms with Crippen molar-refractivity contribution in [2.75, 3.05) is 6.61 Å². The Labute approximate surface area is 124 Å². The molecule has 0 aromatic heterocycles. The van der Waals surface area contributed by atoms with E-state index in [9.17, 15) is 5.11 Å². The van der Waals surface area contributed by atoms with Gasteiger partial charge in [-0.3, -0.25) is 0 Å². The third-order valence-corrected chi connectivity index (χ3v) is 3.45. The zero-order chi connectivity index (χ0) is 15.8. The Morgan fingerprint density at radius 2 is 1.35 bits per heavy atom. The third kappa shape index (κ3) is 15.9. The molecular formula is C16H36O4. The van der Waals surface area contributed by atoms with Crippen LogP contribution in [-0.4, -0.2) is 39.4 Å². The van der Waals surface area contributed by atoms with Gasteiger partial charge in [0.2, 0.25) is 0 Å². The lowest BCUT2D eigenvalue weighted by Crippen LogP contribution is -2.22. The van der Waals surface area contributed by atoms with Gasteiger partial charge >= 0.3 is 0 Å². The van der Waals surface area contributed by atoms with E-state index in [1.807, 2.05) is 13.8 Å². The highest BCUT2D eigenvalue weighted by atomic mass is 16.5. The number of aliphatic hydroxyl groups is 4. The molecule has 0 radical (unpaired) electrons. The maximum atomic E-state index is 9.35. The van der Waals surface area contributed by atoms with Crippen LogP contribution < -0.4 is 0 Å². The molecule has 2 unspecified atom stereocenters. The first kappa shape index (κ1) is 22.1. The van der Waals surface area contributed by atoms with Gasteiger partial charge in [0.15, 0.2) is 6.29 Å². The zero-order valence-electron chi connectivity index (χ0n) is 13.6. The summed E-state index contributed by atoms with van der Waals surface area (Å²) in [5, 5.41) is 35.0. The highest BCUT2D eigenvalue weighted by molar-refractivity contribution is 4.65. The second-order valence-electron chi connectivity index (χ2n) is 5.39. The van der Waals surface area contributed by atoms with Crippen LogP contribution in [0.15, 0.2) is 0 Å². The maximum absolute atomic E-state index is 9.35. The molecule has 4 heteroatoms. The standard InChI is InChI=1S/2C8H18O2/c1-3-5-8(10)7(4-2)6-9;1-2-3-4-5-6-7-8(9)10/h7-10H,3-6H2,1-2H3;8-10H,2-7H2,1H3. The van der Waals surface area contributed by atoms with Crippen molar-refractivity contribution < 1.29 is 20.4 Å². The lowest BCUT2D eigenvalue weighted by atomic mass is 9.97. The second kappa shape index (κ2) is 16.9. The number of hydrogen-bond acceptors (Lipinski definition) is 4. The van der Waals surface area contributed by atoms with E-state index in [2.05, 4.69) is 6.92 Å². The van der Waals surface area contributed by atoms with Crippen LogP contribution in [-0.2, 0) is 0 Å². The molecule has 4 nitrogen and oxygen atoms in total. The summed E-state index contributed by atoms with van der Waals surface area (Å²) in [5.41, 5.74) is 0. The van der Waals surface area contributed by atoms with E-state index < -0.39 is 6.29 Å². The average molecular weight is 292 g/mol. The van der Waals surface area contributed by atoms with Gasteiger partial charge in [-0.2, -0.15) is 0 Å². The molecule has 20 heavy (non-hydrogen) atoms. The molecule has 0 aliphatic carbocycles. The van der Waals surface area contributed by atoms with Gasteiger partial charge in [-0.1, -0.05) is 52.9 Å². The Hall–Kier alpha value is -0.160. The smallest absolute Gasteiger partial charge is 0.151 e. The molecule has 0 spiro atoms. The first-order chi connectivity index (χ1) is 9.53. The van der Waals surface area contributed by atoms with E-state index in [0.29, 0.717) is 6.42 Å². The fourth-order valence-corrected chi connectivity index (χ4v) is 1.98. The van der Waals surface area contributed by atoms with E-state index in [4.69, 9.17) is 15.3 Å². The Kier molecular flexibility index (Phi) is 18.7. The second-order valence-corrected chi connectivity index (χ2v) is 5.39. The molecule has 124 valence electrons. The Balaban J connectivity index is 0. The van der Waals surface area contributed by atoms with Crippen molar-refractivity contribution in [3.05, 3.63) is 0 Å². The van der Waals surface area contributed by atoms with Gasteiger partial charge in [0.25, 0.3) is 0 Å². The summed E-state index contributed by atoms with van der Waals surface area (Å²) < 4.78 is 0. The van der Waals surface area contributed by atoms with Gasteiger partial charge in [-0.25, -0.2) is 0 Å². The van der Waals surface area contributed by atoms with E-state index >= 15 is 0 Å². The quantitative estimate of drug-likeness (QED) is 0.349. The third-order valence-electron chi connectivity index (χ3n) is 3.45. The molecule has 0 aromatic rings. The maximum Gasteiger partial charge on any atom is 0.151 e. The Morgan fingerprint density at radius 1 is 0.750 bits per heavy atom. The predicted octanol–water partition coefficient (Wildman–Crippen LogP) is 2.82. The van der Waals surface area contributed by atoms with Gasteiger partial charge in [-0.05, 0) is 25.7 Å². The summed E-state index contributed by atoms with van der Waals surface area (Å²) in [5.74, 6) is 0.0833. The summed E-state index contributed by atoms with van der Waals surface area (Å²) in [6.07, 6.45) is 7.58. The van der Waals surface area contributed by atoms with Crippen LogP contribution in [0, 0.1) is 5.92 Å². The Morgan fingerprint density at radius 3 is 1.75 bits per heavy atom. The van der Waals surface area contributed by atoms with Crippen LogP contribution in [0.4, 0.5) is 0 Å². The summed E-state index contributed by atoms with van der Waals surface area (Å²) >= 11 is 0. The van der Waals surface area contributed by atoms with E-state index in [0.717, 1.165) is 32.1 Å². The molecule has 0 bridgehead atoms. The van der Waals surface area contributed by atoms with Crippen molar-refractivity contribution in [2.24, 2.45) is 5.92 Å². The number of hydrogen-bond donors (Lipinski definition) is 4. The minimum absolute atomic E-state index is 0.0833. The normalized spacial score (nSPS) is 13.8. The van der Waals surface area contributed by atoms with Crippen molar-refractivity contribution >= 4 is 0 Å². The first-order valence-corrected chi connectivity index (χ1v) is 8.18. The van der Waals surface area contributed by atoms with Crippen LogP contribution in [0.25, 0.3) is 0 Å². The van der Waals surface area contributed by atoms with Crippen molar-refractivity contribution in [3.63, 3.8) is 0 Å². The lowest BCUT2D eigenvalue weighted by Gasteiger charge is -2.17. The van der Waals surface area contributed by atoms with Crippen LogP contribution in [0.2, 0.25) is 0 Å². The molecule has 0 heterocycles. The van der Waals surface area contributed by atoms with Gasteiger partial charge in [0.05, 0.1) is 6.10 Å². The fraction of sp³-hybridized carbons (Fsp3) is 1.00. The van der Waals surface area contributed by atoms with Gasteiger partial charge < -0.3 is 20.4 Å².